The largest absolute Gasteiger partial charge is 0.494 e. The standard InChI is InChI=1S/C24H29N5O3/c1-7-31-17-10-8-16(9-11-17)28(23(30)32-24(4,5)6)22-20(15(2)3)21(26)18(14-25)19-12-13-27-29(19)22/h8-13,15H,7,26H2,1-6H3. The SMILES string of the molecule is CCOc1ccc(N(C(=O)OC(C)(C)C)c2c(C(C)C)c(N)c(C#N)c3ccnn23)cc1. The number of nitriles is 1. The predicted octanol–water partition coefficient (Wildman–Crippen LogP) is 5.38. The van der Waals surface area contributed by atoms with Crippen LogP contribution in [0.1, 0.15) is 58.6 Å². The van der Waals surface area contributed by atoms with E-state index in [2.05, 4.69) is 11.2 Å². The third kappa shape index (κ3) is 4.33. The highest BCUT2D eigenvalue weighted by Gasteiger charge is 2.32. The zero-order valence-electron chi connectivity index (χ0n) is 19.3. The van der Waals surface area contributed by atoms with Gasteiger partial charge in [0, 0.05) is 5.56 Å². The summed E-state index contributed by atoms with van der Waals surface area (Å²) in [7, 11) is 0. The van der Waals surface area contributed by atoms with Gasteiger partial charge in [-0.05, 0) is 63.9 Å². The molecule has 0 aliphatic heterocycles. The van der Waals surface area contributed by atoms with Crippen molar-refractivity contribution < 1.29 is 14.3 Å². The van der Waals surface area contributed by atoms with E-state index < -0.39 is 11.7 Å². The lowest BCUT2D eigenvalue weighted by Gasteiger charge is -2.30. The summed E-state index contributed by atoms with van der Waals surface area (Å²) in [6, 6.07) is 11.0. The number of aromatic nitrogens is 2. The summed E-state index contributed by atoms with van der Waals surface area (Å²) < 4.78 is 12.9. The number of nitrogens with zero attached hydrogens (tertiary/aromatic N) is 4. The molecule has 0 saturated carbocycles. The van der Waals surface area contributed by atoms with Crippen LogP contribution in [0.25, 0.3) is 5.52 Å². The number of fused-ring (bicyclic) bond motifs is 1. The van der Waals surface area contributed by atoms with E-state index in [1.807, 2.05) is 20.8 Å². The van der Waals surface area contributed by atoms with E-state index >= 15 is 0 Å². The average Bonchev–Trinajstić information content (AvgIpc) is 3.17. The second-order valence-corrected chi connectivity index (χ2v) is 8.66. The molecule has 0 radical (unpaired) electrons. The summed E-state index contributed by atoms with van der Waals surface area (Å²) >= 11 is 0. The molecule has 168 valence electrons. The number of nitrogens with two attached hydrogens (primary N) is 1. The number of anilines is 3. The first kappa shape index (κ1) is 22.9. The smallest absolute Gasteiger partial charge is 0.420 e. The molecule has 2 heterocycles. The fraction of sp³-hybridized carbons (Fsp3) is 0.375. The van der Waals surface area contributed by atoms with Crippen LogP contribution in [0.5, 0.6) is 5.75 Å². The minimum Gasteiger partial charge on any atom is -0.494 e. The van der Waals surface area contributed by atoms with Crippen LogP contribution in [0, 0.1) is 11.3 Å². The molecular formula is C24H29N5O3. The molecule has 2 aromatic heterocycles. The number of carbonyl (C=O) groups excluding carboxylic acids is 1. The molecule has 3 aromatic rings. The monoisotopic (exact) mass is 435 g/mol. The van der Waals surface area contributed by atoms with Crippen LogP contribution in [0.15, 0.2) is 36.5 Å². The van der Waals surface area contributed by atoms with E-state index in [0.29, 0.717) is 46.2 Å². The van der Waals surface area contributed by atoms with Crippen molar-refractivity contribution in [3.63, 3.8) is 0 Å². The molecule has 0 bridgehead atoms. The Morgan fingerprint density at radius 2 is 1.91 bits per heavy atom. The molecule has 2 N–H and O–H groups in total. The lowest BCUT2D eigenvalue weighted by Crippen LogP contribution is -2.36. The normalized spacial score (nSPS) is 11.4. The molecule has 3 rings (SSSR count). The van der Waals surface area contributed by atoms with Gasteiger partial charge in [0.05, 0.1) is 29.7 Å². The molecular weight excluding hydrogens is 406 g/mol. The molecule has 32 heavy (non-hydrogen) atoms. The fourth-order valence-corrected chi connectivity index (χ4v) is 3.55. The van der Waals surface area contributed by atoms with Crippen molar-refractivity contribution in [3.8, 4) is 11.8 Å². The van der Waals surface area contributed by atoms with Gasteiger partial charge in [-0.15, -0.1) is 0 Å². The van der Waals surface area contributed by atoms with E-state index in [-0.39, 0.29) is 5.92 Å². The molecule has 0 unspecified atom stereocenters. The first-order chi connectivity index (χ1) is 15.1. The molecule has 0 spiro atoms. The van der Waals surface area contributed by atoms with Gasteiger partial charge in [-0.25, -0.2) is 14.2 Å². The van der Waals surface area contributed by atoms with Crippen molar-refractivity contribution >= 4 is 28.8 Å². The zero-order chi connectivity index (χ0) is 23.6. The third-order valence-corrected chi connectivity index (χ3v) is 4.78. The average molecular weight is 436 g/mol. The summed E-state index contributed by atoms with van der Waals surface area (Å²) in [5.41, 5.74) is 8.11. The first-order valence-electron chi connectivity index (χ1n) is 10.5. The van der Waals surface area contributed by atoms with Crippen molar-refractivity contribution in [3.05, 3.63) is 47.7 Å². The highest BCUT2D eigenvalue weighted by atomic mass is 16.6. The Kier molecular flexibility index (Phi) is 6.30. The maximum Gasteiger partial charge on any atom is 0.420 e. The van der Waals surface area contributed by atoms with Gasteiger partial charge in [-0.3, -0.25) is 0 Å². The van der Waals surface area contributed by atoms with E-state index in [9.17, 15) is 10.1 Å². The lowest BCUT2D eigenvalue weighted by molar-refractivity contribution is 0.0597. The Morgan fingerprint density at radius 3 is 2.44 bits per heavy atom. The van der Waals surface area contributed by atoms with Crippen molar-refractivity contribution in [2.45, 2.75) is 53.1 Å². The highest BCUT2D eigenvalue weighted by molar-refractivity contribution is 5.98. The van der Waals surface area contributed by atoms with Crippen LogP contribution in [0.4, 0.5) is 22.0 Å². The van der Waals surface area contributed by atoms with E-state index in [0.717, 1.165) is 0 Å². The van der Waals surface area contributed by atoms with Crippen LogP contribution in [0.2, 0.25) is 0 Å². The summed E-state index contributed by atoms with van der Waals surface area (Å²) in [5.74, 6) is 1.03. The van der Waals surface area contributed by atoms with E-state index in [4.69, 9.17) is 15.2 Å². The topological polar surface area (TPSA) is 106 Å². The van der Waals surface area contributed by atoms with Gasteiger partial charge in [0.1, 0.15) is 28.8 Å². The minimum absolute atomic E-state index is 0.0988. The lowest BCUT2D eigenvalue weighted by atomic mass is 9.98. The van der Waals surface area contributed by atoms with Crippen LogP contribution in [0.3, 0.4) is 0 Å². The molecule has 1 aromatic carbocycles. The Labute approximate surface area is 188 Å². The van der Waals surface area contributed by atoms with Gasteiger partial charge >= 0.3 is 6.09 Å². The highest BCUT2D eigenvalue weighted by Crippen LogP contribution is 2.40. The van der Waals surface area contributed by atoms with Gasteiger partial charge in [0.2, 0.25) is 0 Å². The number of ether oxygens (including phenoxy) is 2. The van der Waals surface area contributed by atoms with Crippen molar-refractivity contribution in [2.75, 3.05) is 17.2 Å². The Balaban J connectivity index is 2.34. The molecule has 8 heteroatoms. The summed E-state index contributed by atoms with van der Waals surface area (Å²) in [4.78, 5) is 15.0. The molecule has 0 fully saturated rings. The molecule has 0 aliphatic carbocycles. The Bertz CT molecular complexity index is 1170. The van der Waals surface area contributed by atoms with Gasteiger partial charge in [0.25, 0.3) is 0 Å². The van der Waals surface area contributed by atoms with Gasteiger partial charge in [0.15, 0.2) is 0 Å². The predicted molar refractivity (Wildman–Crippen MR) is 124 cm³/mol. The van der Waals surface area contributed by atoms with Crippen molar-refractivity contribution in [1.29, 1.82) is 5.26 Å². The van der Waals surface area contributed by atoms with Crippen LogP contribution >= 0.6 is 0 Å². The second kappa shape index (κ2) is 8.79. The summed E-state index contributed by atoms with van der Waals surface area (Å²) in [6.07, 6.45) is 0.999. The number of rotatable bonds is 5. The van der Waals surface area contributed by atoms with Gasteiger partial charge < -0.3 is 15.2 Å². The number of amides is 1. The molecule has 1 amide bonds. The number of carbonyl (C=O) groups is 1. The number of nitrogen functional groups attached to an aromatic ring is 1. The van der Waals surface area contributed by atoms with Crippen LogP contribution in [-0.4, -0.2) is 27.9 Å². The van der Waals surface area contributed by atoms with E-state index in [1.54, 1.807) is 61.8 Å². The van der Waals surface area contributed by atoms with Gasteiger partial charge in [-0.2, -0.15) is 10.4 Å². The summed E-state index contributed by atoms with van der Waals surface area (Å²) in [6.45, 7) is 11.8. The van der Waals surface area contributed by atoms with E-state index in [1.165, 1.54) is 4.90 Å². The van der Waals surface area contributed by atoms with Crippen molar-refractivity contribution in [1.82, 2.24) is 9.61 Å². The zero-order valence-corrected chi connectivity index (χ0v) is 19.3. The summed E-state index contributed by atoms with van der Waals surface area (Å²) in [5, 5.41) is 14.2. The van der Waals surface area contributed by atoms with Crippen LogP contribution < -0.4 is 15.4 Å². The maximum atomic E-state index is 13.5. The van der Waals surface area contributed by atoms with Gasteiger partial charge in [-0.1, -0.05) is 13.8 Å². The van der Waals surface area contributed by atoms with Crippen LogP contribution in [-0.2, 0) is 4.74 Å². The molecule has 0 atom stereocenters. The number of pyridine rings is 1. The quantitative estimate of drug-likeness (QED) is 0.576. The molecule has 0 aliphatic rings. The number of benzene rings is 1. The fourth-order valence-electron chi connectivity index (χ4n) is 3.55. The minimum atomic E-state index is -0.722. The maximum absolute atomic E-state index is 13.5. The number of hydrogen-bond donors (Lipinski definition) is 1. The first-order valence-corrected chi connectivity index (χ1v) is 10.5. The van der Waals surface area contributed by atoms with Crippen molar-refractivity contribution in [2.24, 2.45) is 0 Å². The Morgan fingerprint density at radius 1 is 1.25 bits per heavy atom. The molecule has 8 nitrogen and oxygen atoms in total. The molecule has 0 saturated heterocycles. The Hall–Kier alpha value is -3.73. The number of hydrogen-bond acceptors (Lipinski definition) is 6. The third-order valence-electron chi connectivity index (χ3n) is 4.78. The second-order valence-electron chi connectivity index (χ2n) is 8.66.